The summed E-state index contributed by atoms with van der Waals surface area (Å²) < 4.78 is 5.74. The number of furan rings is 1. The normalized spacial score (nSPS) is 12.1. The number of carbonyl (C=O) groups is 1. The lowest BCUT2D eigenvalue weighted by Gasteiger charge is -2.12. The summed E-state index contributed by atoms with van der Waals surface area (Å²) in [6.45, 7) is 2.25. The molecule has 5 nitrogen and oxygen atoms in total. The van der Waals surface area contributed by atoms with Crippen molar-refractivity contribution in [2.24, 2.45) is 0 Å². The summed E-state index contributed by atoms with van der Waals surface area (Å²) in [7, 11) is 0. The highest BCUT2D eigenvalue weighted by Crippen LogP contribution is 2.23. The molecule has 1 unspecified atom stereocenters. The Bertz CT molecular complexity index is 781. The monoisotopic (exact) mass is 329 g/mol. The number of rotatable bonds is 4. The predicted octanol–water partition coefficient (Wildman–Crippen LogP) is 4.04. The molecule has 2 amide bonds. The van der Waals surface area contributed by atoms with Gasteiger partial charge in [-0.1, -0.05) is 35.9 Å². The van der Waals surface area contributed by atoms with Crippen LogP contribution in [0.5, 0.6) is 0 Å². The number of halogens is 1. The van der Waals surface area contributed by atoms with Gasteiger partial charge in [-0.2, -0.15) is 0 Å². The number of nitrogens with one attached hydrogen (secondary N) is 2. The van der Waals surface area contributed by atoms with Crippen LogP contribution >= 0.6 is 11.6 Å². The van der Waals surface area contributed by atoms with Gasteiger partial charge in [0.2, 0.25) is 0 Å². The molecule has 0 fully saturated rings. The van der Waals surface area contributed by atoms with Gasteiger partial charge in [-0.25, -0.2) is 9.78 Å². The van der Waals surface area contributed by atoms with Crippen molar-refractivity contribution < 1.29 is 9.21 Å². The average molecular weight is 330 g/mol. The van der Waals surface area contributed by atoms with Gasteiger partial charge in [-0.3, -0.25) is 0 Å². The highest BCUT2D eigenvalue weighted by Gasteiger charge is 2.13. The SMILES string of the molecule is CC(NC(=O)NCc1ccc(Cl)nc1)c1cc2ccccc2o1. The summed E-state index contributed by atoms with van der Waals surface area (Å²) in [4.78, 5) is 15.9. The van der Waals surface area contributed by atoms with Crippen LogP contribution in [-0.4, -0.2) is 11.0 Å². The molecule has 0 aliphatic heterocycles. The van der Waals surface area contributed by atoms with E-state index in [1.54, 1.807) is 12.3 Å². The van der Waals surface area contributed by atoms with E-state index in [0.29, 0.717) is 11.7 Å². The Morgan fingerprint density at radius 1 is 1.30 bits per heavy atom. The van der Waals surface area contributed by atoms with Crippen LogP contribution in [0.15, 0.2) is 53.1 Å². The number of aromatic nitrogens is 1. The second kappa shape index (κ2) is 6.71. The van der Waals surface area contributed by atoms with Crippen LogP contribution in [0.25, 0.3) is 11.0 Å². The number of carbonyl (C=O) groups excluding carboxylic acids is 1. The molecule has 118 valence electrons. The second-order valence-corrected chi connectivity index (χ2v) is 5.61. The number of amides is 2. The predicted molar refractivity (Wildman–Crippen MR) is 89.2 cm³/mol. The lowest BCUT2D eigenvalue weighted by molar-refractivity contribution is 0.236. The number of hydrogen-bond donors (Lipinski definition) is 2. The molecule has 6 heteroatoms. The number of fused-ring (bicyclic) bond motifs is 1. The smallest absolute Gasteiger partial charge is 0.315 e. The van der Waals surface area contributed by atoms with E-state index in [0.717, 1.165) is 22.3 Å². The zero-order chi connectivity index (χ0) is 16.2. The first-order valence-corrected chi connectivity index (χ1v) is 7.63. The van der Waals surface area contributed by atoms with Crippen molar-refractivity contribution in [2.45, 2.75) is 19.5 Å². The minimum atomic E-state index is -0.270. The molecule has 0 aliphatic carbocycles. The number of pyridine rings is 1. The van der Waals surface area contributed by atoms with Crippen molar-refractivity contribution in [3.8, 4) is 0 Å². The standard InChI is InChI=1S/C17H16ClN3O2/c1-11(15-8-13-4-2-3-5-14(13)23-15)21-17(22)20-10-12-6-7-16(18)19-9-12/h2-9,11H,10H2,1H3,(H2,20,21,22). The van der Waals surface area contributed by atoms with Crippen LogP contribution in [0.2, 0.25) is 5.15 Å². The van der Waals surface area contributed by atoms with E-state index in [2.05, 4.69) is 15.6 Å². The van der Waals surface area contributed by atoms with E-state index in [9.17, 15) is 4.79 Å². The fourth-order valence-electron chi connectivity index (χ4n) is 2.23. The van der Waals surface area contributed by atoms with Crippen molar-refractivity contribution in [3.63, 3.8) is 0 Å². The van der Waals surface area contributed by atoms with Crippen LogP contribution < -0.4 is 10.6 Å². The Labute approximate surface area is 138 Å². The maximum Gasteiger partial charge on any atom is 0.315 e. The van der Waals surface area contributed by atoms with Crippen molar-refractivity contribution in [2.75, 3.05) is 0 Å². The summed E-state index contributed by atoms with van der Waals surface area (Å²) in [5.74, 6) is 0.717. The molecule has 0 spiro atoms. The summed E-state index contributed by atoms with van der Waals surface area (Å²) in [6.07, 6.45) is 1.63. The minimum absolute atomic E-state index is 0.231. The molecule has 2 heterocycles. The molecule has 0 radical (unpaired) electrons. The third kappa shape index (κ3) is 3.81. The van der Waals surface area contributed by atoms with Gasteiger partial charge in [-0.15, -0.1) is 0 Å². The summed E-state index contributed by atoms with van der Waals surface area (Å²) >= 11 is 5.72. The number of urea groups is 1. The molecule has 3 rings (SSSR count). The van der Waals surface area contributed by atoms with Crippen LogP contribution in [0.1, 0.15) is 24.3 Å². The third-order valence-electron chi connectivity index (χ3n) is 3.46. The van der Waals surface area contributed by atoms with Crippen LogP contribution in [0, 0.1) is 0 Å². The van der Waals surface area contributed by atoms with Gasteiger partial charge in [0, 0.05) is 18.1 Å². The van der Waals surface area contributed by atoms with E-state index >= 15 is 0 Å². The first-order valence-electron chi connectivity index (χ1n) is 7.25. The van der Waals surface area contributed by atoms with Crippen LogP contribution in [0.3, 0.4) is 0 Å². The average Bonchev–Trinajstić information content (AvgIpc) is 2.98. The van der Waals surface area contributed by atoms with Crippen molar-refractivity contribution >= 4 is 28.6 Å². The molecule has 23 heavy (non-hydrogen) atoms. The molecule has 1 aromatic carbocycles. The Balaban J connectivity index is 1.57. The van der Waals surface area contributed by atoms with E-state index in [4.69, 9.17) is 16.0 Å². The number of benzene rings is 1. The van der Waals surface area contributed by atoms with Gasteiger partial charge < -0.3 is 15.1 Å². The Morgan fingerprint density at radius 2 is 2.13 bits per heavy atom. The Morgan fingerprint density at radius 3 is 2.87 bits per heavy atom. The topological polar surface area (TPSA) is 67.2 Å². The zero-order valence-corrected chi connectivity index (χ0v) is 13.3. The van der Waals surface area contributed by atoms with Gasteiger partial charge in [-0.05, 0) is 30.7 Å². The molecule has 3 aromatic rings. The van der Waals surface area contributed by atoms with Gasteiger partial charge in [0.15, 0.2) is 0 Å². The maximum absolute atomic E-state index is 12.0. The second-order valence-electron chi connectivity index (χ2n) is 5.22. The Hall–Kier alpha value is -2.53. The van der Waals surface area contributed by atoms with Crippen molar-refractivity contribution in [3.05, 3.63) is 65.1 Å². The van der Waals surface area contributed by atoms with Gasteiger partial charge in [0.1, 0.15) is 16.5 Å². The lowest BCUT2D eigenvalue weighted by atomic mass is 10.2. The van der Waals surface area contributed by atoms with Crippen LogP contribution in [0.4, 0.5) is 4.79 Å². The molecule has 0 saturated carbocycles. The van der Waals surface area contributed by atoms with Crippen molar-refractivity contribution in [1.82, 2.24) is 15.6 Å². The molecule has 1 atom stereocenters. The fourth-order valence-corrected chi connectivity index (χ4v) is 2.34. The number of hydrogen-bond acceptors (Lipinski definition) is 3. The van der Waals surface area contributed by atoms with E-state index in [1.165, 1.54) is 0 Å². The number of para-hydroxylation sites is 1. The third-order valence-corrected chi connectivity index (χ3v) is 3.68. The molecular weight excluding hydrogens is 314 g/mol. The largest absolute Gasteiger partial charge is 0.459 e. The highest BCUT2D eigenvalue weighted by molar-refractivity contribution is 6.29. The van der Waals surface area contributed by atoms with E-state index in [1.807, 2.05) is 43.3 Å². The first-order chi connectivity index (χ1) is 11.1. The summed E-state index contributed by atoms with van der Waals surface area (Å²) in [6, 6.07) is 12.7. The molecule has 2 N–H and O–H groups in total. The molecule has 2 aromatic heterocycles. The number of nitrogens with zero attached hydrogens (tertiary/aromatic N) is 1. The zero-order valence-electron chi connectivity index (χ0n) is 12.5. The van der Waals surface area contributed by atoms with E-state index < -0.39 is 0 Å². The van der Waals surface area contributed by atoms with Crippen LogP contribution in [-0.2, 0) is 6.54 Å². The van der Waals surface area contributed by atoms with E-state index in [-0.39, 0.29) is 12.1 Å². The van der Waals surface area contributed by atoms with Gasteiger partial charge in [0.05, 0.1) is 6.04 Å². The Kier molecular flexibility index (Phi) is 4.48. The highest BCUT2D eigenvalue weighted by atomic mass is 35.5. The summed E-state index contributed by atoms with van der Waals surface area (Å²) in [5, 5.41) is 7.07. The molecule has 0 saturated heterocycles. The van der Waals surface area contributed by atoms with Crippen molar-refractivity contribution in [1.29, 1.82) is 0 Å². The quantitative estimate of drug-likeness (QED) is 0.710. The summed E-state index contributed by atoms with van der Waals surface area (Å²) in [5.41, 5.74) is 1.68. The minimum Gasteiger partial charge on any atom is -0.459 e. The van der Waals surface area contributed by atoms with Gasteiger partial charge >= 0.3 is 6.03 Å². The maximum atomic E-state index is 12.0. The first kappa shape index (κ1) is 15.4. The molecule has 0 aliphatic rings. The lowest BCUT2D eigenvalue weighted by Crippen LogP contribution is -2.36. The molecule has 0 bridgehead atoms. The fraction of sp³-hybridized carbons (Fsp3) is 0.176. The molecular formula is C17H16ClN3O2. The van der Waals surface area contributed by atoms with Gasteiger partial charge in [0.25, 0.3) is 0 Å².